The van der Waals surface area contributed by atoms with Crippen molar-refractivity contribution in [3.05, 3.63) is 40.0 Å². The van der Waals surface area contributed by atoms with Crippen LogP contribution in [0, 0.1) is 29.9 Å². The van der Waals surface area contributed by atoms with Crippen LogP contribution in [0.15, 0.2) is 12.1 Å². The number of nitrogens with zero attached hydrogens (tertiary/aromatic N) is 3. The molecule has 0 saturated carbocycles. The van der Waals surface area contributed by atoms with Crippen LogP contribution in [0.25, 0.3) is 11.3 Å². The molecule has 0 fully saturated rings. The number of aryl methyl sites for hydroxylation is 1. The molecular formula is C12H8ClF2N3. The van der Waals surface area contributed by atoms with Gasteiger partial charge in [-0.2, -0.15) is 10.4 Å². The first kappa shape index (κ1) is 12.5. The highest BCUT2D eigenvalue weighted by Crippen LogP contribution is 2.32. The van der Waals surface area contributed by atoms with E-state index in [4.69, 9.17) is 16.9 Å². The summed E-state index contributed by atoms with van der Waals surface area (Å²) in [7, 11) is 1.66. The third-order valence-electron chi connectivity index (χ3n) is 2.69. The zero-order chi connectivity index (χ0) is 13.4. The van der Waals surface area contributed by atoms with E-state index in [9.17, 15) is 8.78 Å². The van der Waals surface area contributed by atoms with Crippen LogP contribution in [0.5, 0.6) is 0 Å². The van der Waals surface area contributed by atoms with Crippen LogP contribution < -0.4 is 0 Å². The largest absolute Gasteiger partial charge is 0.271 e. The summed E-state index contributed by atoms with van der Waals surface area (Å²) >= 11 is 6.01. The van der Waals surface area contributed by atoms with Crippen molar-refractivity contribution in [2.75, 3.05) is 0 Å². The van der Waals surface area contributed by atoms with Gasteiger partial charge < -0.3 is 0 Å². The Morgan fingerprint density at radius 2 is 2.00 bits per heavy atom. The Kier molecular flexibility index (Phi) is 3.05. The molecule has 3 nitrogen and oxygen atoms in total. The van der Waals surface area contributed by atoms with Gasteiger partial charge in [-0.3, -0.25) is 4.68 Å². The molecule has 0 bridgehead atoms. The Bertz CT molecular complexity index is 671. The molecular weight excluding hydrogens is 260 g/mol. The van der Waals surface area contributed by atoms with Crippen molar-refractivity contribution in [2.24, 2.45) is 7.05 Å². The lowest BCUT2D eigenvalue weighted by Crippen LogP contribution is -1.94. The molecule has 0 radical (unpaired) electrons. The van der Waals surface area contributed by atoms with Gasteiger partial charge in [0.2, 0.25) is 0 Å². The lowest BCUT2D eigenvalue weighted by Gasteiger charge is -2.02. The number of hydrogen-bond acceptors (Lipinski definition) is 2. The minimum Gasteiger partial charge on any atom is -0.271 e. The van der Waals surface area contributed by atoms with Gasteiger partial charge >= 0.3 is 0 Å². The third kappa shape index (κ3) is 1.85. The molecule has 2 aromatic rings. The van der Waals surface area contributed by atoms with E-state index in [0.29, 0.717) is 5.69 Å². The fourth-order valence-corrected chi connectivity index (χ4v) is 1.83. The quantitative estimate of drug-likeness (QED) is 0.796. The summed E-state index contributed by atoms with van der Waals surface area (Å²) in [6.45, 7) is 1.72. The van der Waals surface area contributed by atoms with Crippen LogP contribution in [0.3, 0.4) is 0 Å². The average Bonchev–Trinajstić information content (AvgIpc) is 2.59. The van der Waals surface area contributed by atoms with Gasteiger partial charge in [-0.15, -0.1) is 0 Å². The van der Waals surface area contributed by atoms with Crippen molar-refractivity contribution in [1.29, 1.82) is 5.26 Å². The predicted octanol–water partition coefficient (Wildman–Crippen LogP) is 3.20. The lowest BCUT2D eigenvalue weighted by molar-refractivity contribution is 0.599. The standard InChI is InChI=1S/C12H8ClF2N3/c1-6-11(13)12(17-18(6)2)8-4-9(14)7(5-16)3-10(8)15/h3-4H,1-2H3. The van der Waals surface area contributed by atoms with Crippen LogP contribution in [0.2, 0.25) is 5.02 Å². The number of rotatable bonds is 1. The highest BCUT2D eigenvalue weighted by Gasteiger charge is 2.18. The highest BCUT2D eigenvalue weighted by atomic mass is 35.5. The molecule has 1 aromatic heterocycles. The van der Waals surface area contributed by atoms with Gasteiger partial charge in [0.15, 0.2) is 0 Å². The number of aromatic nitrogens is 2. The summed E-state index contributed by atoms with van der Waals surface area (Å²) in [5.74, 6) is -1.53. The van der Waals surface area contributed by atoms with Crippen LogP contribution in [0.4, 0.5) is 8.78 Å². The second-order valence-electron chi connectivity index (χ2n) is 3.80. The van der Waals surface area contributed by atoms with Gasteiger partial charge in [0, 0.05) is 12.6 Å². The number of hydrogen-bond donors (Lipinski definition) is 0. The van der Waals surface area contributed by atoms with Crippen molar-refractivity contribution in [1.82, 2.24) is 9.78 Å². The maximum Gasteiger partial charge on any atom is 0.141 e. The van der Waals surface area contributed by atoms with E-state index >= 15 is 0 Å². The van der Waals surface area contributed by atoms with E-state index in [2.05, 4.69) is 5.10 Å². The number of benzene rings is 1. The van der Waals surface area contributed by atoms with E-state index in [1.165, 1.54) is 4.68 Å². The highest BCUT2D eigenvalue weighted by molar-refractivity contribution is 6.33. The maximum absolute atomic E-state index is 13.8. The van der Waals surface area contributed by atoms with E-state index in [-0.39, 0.29) is 21.8 Å². The first-order chi connectivity index (χ1) is 8.45. The molecule has 6 heteroatoms. The monoisotopic (exact) mass is 267 g/mol. The van der Waals surface area contributed by atoms with Gasteiger partial charge in [0.05, 0.1) is 16.3 Å². The van der Waals surface area contributed by atoms with E-state index in [0.717, 1.165) is 12.1 Å². The second kappa shape index (κ2) is 4.39. The van der Waals surface area contributed by atoms with Crippen LogP contribution in [-0.4, -0.2) is 9.78 Å². The Morgan fingerprint density at radius 3 is 2.50 bits per heavy atom. The van der Waals surface area contributed by atoms with Gasteiger partial charge in [-0.05, 0) is 19.1 Å². The first-order valence-corrected chi connectivity index (χ1v) is 5.42. The molecule has 1 aromatic carbocycles. The summed E-state index contributed by atoms with van der Waals surface area (Å²) in [5, 5.41) is 12.9. The zero-order valence-corrected chi connectivity index (χ0v) is 10.4. The number of halogens is 3. The molecule has 0 saturated heterocycles. The molecule has 0 aliphatic rings. The smallest absolute Gasteiger partial charge is 0.141 e. The third-order valence-corrected chi connectivity index (χ3v) is 3.15. The normalized spacial score (nSPS) is 10.4. The van der Waals surface area contributed by atoms with Gasteiger partial charge in [-0.25, -0.2) is 8.78 Å². The maximum atomic E-state index is 13.8. The molecule has 1 heterocycles. The van der Waals surface area contributed by atoms with Crippen LogP contribution >= 0.6 is 11.6 Å². The summed E-state index contributed by atoms with van der Waals surface area (Å²) in [5.41, 5.74) is 0.411. The Morgan fingerprint density at radius 1 is 1.33 bits per heavy atom. The Hall–Kier alpha value is -1.93. The van der Waals surface area contributed by atoms with Crippen molar-refractivity contribution < 1.29 is 8.78 Å². The fourth-order valence-electron chi connectivity index (χ4n) is 1.57. The van der Waals surface area contributed by atoms with Gasteiger partial charge in [0.25, 0.3) is 0 Å². The summed E-state index contributed by atoms with van der Waals surface area (Å²) < 4.78 is 28.8. The van der Waals surface area contributed by atoms with E-state index in [1.54, 1.807) is 20.0 Å². The first-order valence-electron chi connectivity index (χ1n) is 5.04. The second-order valence-corrected chi connectivity index (χ2v) is 4.17. The summed E-state index contributed by atoms with van der Waals surface area (Å²) in [6.07, 6.45) is 0. The molecule has 0 N–H and O–H groups in total. The van der Waals surface area contributed by atoms with Gasteiger partial charge in [0.1, 0.15) is 23.4 Å². The Balaban J connectivity index is 2.69. The number of nitriles is 1. The minimum atomic E-state index is -0.798. The molecule has 92 valence electrons. The van der Waals surface area contributed by atoms with Gasteiger partial charge in [-0.1, -0.05) is 11.6 Å². The molecule has 0 amide bonds. The van der Waals surface area contributed by atoms with Crippen LogP contribution in [0.1, 0.15) is 11.3 Å². The molecule has 18 heavy (non-hydrogen) atoms. The summed E-state index contributed by atoms with van der Waals surface area (Å²) in [6, 6.07) is 3.34. The minimum absolute atomic E-state index is 0.0554. The average molecular weight is 268 g/mol. The van der Waals surface area contributed by atoms with Crippen molar-refractivity contribution in [2.45, 2.75) is 6.92 Å². The van der Waals surface area contributed by atoms with Crippen molar-refractivity contribution in [3.63, 3.8) is 0 Å². The molecule has 0 aliphatic heterocycles. The fraction of sp³-hybridized carbons (Fsp3) is 0.167. The molecule has 2 rings (SSSR count). The predicted molar refractivity (Wildman–Crippen MR) is 63.0 cm³/mol. The molecule has 0 spiro atoms. The zero-order valence-electron chi connectivity index (χ0n) is 9.63. The van der Waals surface area contributed by atoms with Crippen molar-refractivity contribution in [3.8, 4) is 17.3 Å². The molecule has 0 atom stereocenters. The van der Waals surface area contributed by atoms with E-state index < -0.39 is 11.6 Å². The van der Waals surface area contributed by atoms with E-state index in [1.807, 2.05) is 0 Å². The SMILES string of the molecule is Cc1c(Cl)c(-c2cc(F)c(C#N)cc2F)nn1C. The Labute approximate surface area is 107 Å². The van der Waals surface area contributed by atoms with Crippen LogP contribution in [-0.2, 0) is 7.05 Å². The van der Waals surface area contributed by atoms with Crippen molar-refractivity contribution >= 4 is 11.6 Å². The molecule has 0 aliphatic carbocycles. The lowest BCUT2D eigenvalue weighted by atomic mass is 10.1. The summed E-state index contributed by atoms with van der Waals surface area (Å²) in [4.78, 5) is 0. The molecule has 0 unspecified atom stereocenters. The topological polar surface area (TPSA) is 41.6 Å².